The van der Waals surface area contributed by atoms with Crippen molar-refractivity contribution in [3.8, 4) is 0 Å². The first-order chi connectivity index (χ1) is 12.0. The Morgan fingerprint density at radius 2 is 2.04 bits per heavy atom. The van der Waals surface area contributed by atoms with E-state index in [4.69, 9.17) is 5.73 Å². The fourth-order valence-corrected chi connectivity index (χ4v) is 3.71. The van der Waals surface area contributed by atoms with Crippen LogP contribution >= 0.6 is 0 Å². The summed E-state index contributed by atoms with van der Waals surface area (Å²) in [5.41, 5.74) is 6.87. The van der Waals surface area contributed by atoms with Gasteiger partial charge in [0.25, 0.3) is 5.91 Å². The van der Waals surface area contributed by atoms with E-state index in [2.05, 4.69) is 22.5 Å². The Bertz CT molecular complexity index is 630. The number of anilines is 3. The van der Waals surface area contributed by atoms with Gasteiger partial charge in [-0.1, -0.05) is 6.92 Å². The lowest BCUT2D eigenvalue weighted by atomic mass is 9.87. The van der Waals surface area contributed by atoms with Crippen LogP contribution in [-0.2, 0) is 0 Å². The highest BCUT2D eigenvalue weighted by Crippen LogP contribution is 2.30. The molecule has 0 radical (unpaired) electrons. The smallest absolute Gasteiger partial charge is 0.255 e. The average molecular weight is 349 g/mol. The predicted molar refractivity (Wildman–Crippen MR) is 98.8 cm³/mol. The van der Waals surface area contributed by atoms with E-state index in [0.717, 1.165) is 31.6 Å². The Balaban J connectivity index is 1.83. The quantitative estimate of drug-likeness (QED) is 0.778. The molecule has 25 heavy (non-hydrogen) atoms. The molecule has 1 aliphatic carbocycles. The number of hydrogen-bond acceptors (Lipinski definition) is 5. The molecule has 1 amide bonds. The van der Waals surface area contributed by atoms with E-state index in [1.54, 1.807) is 13.1 Å². The molecule has 1 saturated carbocycles. The summed E-state index contributed by atoms with van der Waals surface area (Å²) in [4.78, 5) is 19.2. The number of aromatic nitrogens is 1. The molecule has 7 heteroatoms. The summed E-state index contributed by atoms with van der Waals surface area (Å²) in [6.45, 7) is 3.07. The van der Waals surface area contributed by atoms with Crippen molar-refractivity contribution in [3.63, 3.8) is 0 Å². The molecular formula is C18H28FN5O. The van der Waals surface area contributed by atoms with Gasteiger partial charge in [0.2, 0.25) is 0 Å². The number of rotatable bonds is 4. The Labute approximate surface area is 148 Å². The second kappa shape index (κ2) is 7.45. The average Bonchev–Trinajstić information content (AvgIpc) is 3.03. The van der Waals surface area contributed by atoms with Crippen molar-refractivity contribution in [2.24, 2.45) is 5.92 Å². The number of carbonyl (C=O) groups is 1. The molecule has 1 aromatic heterocycles. The second-order valence-corrected chi connectivity index (χ2v) is 7.31. The molecule has 0 bridgehead atoms. The van der Waals surface area contributed by atoms with Crippen molar-refractivity contribution in [1.29, 1.82) is 0 Å². The van der Waals surface area contributed by atoms with Gasteiger partial charge in [0.15, 0.2) is 5.82 Å². The minimum absolute atomic E-state index is 0.168. The Hall–Kier alpha value is -2.05. The van der Waals surface area contributed by atoms with Gasteiger partial charge in [-0.2, -0.15) is 0 Å². The van der Waals surface area contributed by atoms with E-state index in [-0.39, 0.29) is 18.5 Å². The zero-order chi connectivity index (χ0) is 18.0. The topological polar surface area (TPSA) is 83.3 Å². The largest absolute Gasteiger partial charge is 0.396 e. The summed E-state index contributed by atoms with van der Waals surface area (Å²) in [7, 11) is 1.73. The standard InChI is InChI=1S/C18H28FN5O/c1-11-3-5-13(6-4-11)22-18(25)14-9-15(20)16(21-2)23-17(14)24-8-7-12(19)10-24/h9,11-13H,3-8,10,20H2,1-2H3,(H,21,23)(H,22,25)/t11-,12-,13-/m1/s1. The molecule has 138 valence electrons. The highest BCUT2D eigenvalue weighted by Gasteiger charge is 2.29. The van der Waals surface area contributed by atoms with Crippen LogP contribution < -0.4 is 21.3 Å². The number of nitrogens with two attached hydrogens (primary N) is 1. The van der Waals surface area contributed by atoms with Gasteiger partial charge in [0, 0.05) is 19.6 Å². The Morgan fingerprint density at radius 3 is 2.64 bits per heavy atom. The molecular weight excluding hydrogens is 321 g/mol. The van der Waals surface area contributed by atoms with Gasteiger partial charge >= 0.3 is 0 Å². The number of pyridine rings is 1. The van der Waals surface area contributed by atoms with Crippen LogP contribution in [-0.4, -0.2) is 43.2 Å². The molecule has 4 N–H and O–H groups in total. The molecule has 1 saturated heterocycles. The second-order valence-electron chi connectivity index (χ2n) is 7.31. The fourth-order valence-electron chi connectivity index (χ4n) is 3.71. The maximum Gasteiger partial charge on any atom is 0.255 e. The molecule has 0 unspecified atom stereocenters. The number of halogens is 1. The zero-order valence-corrected chi connectivity index (χ0v) is 15.0. The third-order valence-corrected chi connectivity index (χ3v) is 5.29. The summed E-state index contributed by atoms with van der Waals surface area (Å²) >= 11 is 0. The minimum Gasteiger partial charge on any atom is -0.396 e. The monoisotopic (exact) mass is 349 g/mol. The number of nitrogen functional groups attached to an aromatic ring is 1. The van der Waals surface area contributed by atoms with Crippen LogP contribution in [0.1, 0.15) is 49.4 Å². The molecule has 3 rings (SSSR count). The molecule has 1 atom stereocenters. The van der Waals surface area contributed by atoms with Crippen molar-refractivity contribution >= 4 is 23.2 Å². The van der Waals surface area contributed by atoms with E-state index in [9.17, 15) is 9.18 Å². The third kappa shape index (κ3) is 3.96. The van der Waals surface area contributed by atoms with Gasteiger partial charge in [-0.05, 0) is 44.1 Å². The summed E-state index contributed by atoms with van der Waals surface area (Å²) in [5, 5.41) is 6.05. The lowest BCUT2D eigenvalue weighted by molar-refractivity contribution is 0.0923. The van der Waals surface area contributed by atoms with E-state index in [0.29, 0.717) is 35.9 Å². The van der Waals surface area contributed by atoms with Crippen LogP contribution in [0.3, 0.4) is 0 Å². The van der Waals surface area contributed by atoms with Crippen LogP contribution in [0.5, 0.6) is 0 Å². The molecule has 6 nitrogen and oxygen atoms in total. The summed E-state index contributed by atoms with van der Waals surface area (Å²) in [5.74, 6) is 1.58. The van der Waals surface area contributed by atoms with Crippen molar-refractivity contribution in [2.45, 2.75) is 51.2 Å². The first-order valence-electron chi connectivity index (χ1n) is 9.16. The van der Waals surface area contributed by atoms with Crippen molar-refractivity contribution in [1.82, 2.24) is 10.3 Å². The van der Waals surface area contributed by atoms with Crippen LogP contribution in [0.25, 0.3) is 0 Å². The third-order valence-electron chi connectivity index (χ3n) is 5.29. The van der Waals surface area contributed by atoms with Crippen molar-refractivity contribution in [2.75, 3.05) is 36.1 Å². The lowest BCUT2D eigenvalue weighted by Gasteiger charge is -2.28. The van der Waals surface area contributed by atoms with Gasteiger partial charge in [0.05, 0.1) is 17.8 Å². The van der Waals surface area contributed by atoms with Crippen LogP contribution in [0, 0.1) is 5.92 Å². The van der Waals surface area contributed by atoms with Crippen molar-refractivity contribution < 1.29 is 9.18 Å². The normalized spacial score (nSPS) is 26.5. The van der Waals surface area contributed by atoms with Crippen LogP contribution in [0.15, 0.2) is 6.07 Å². The van der Waals surface area contributed by atoms with E-state index < -0.39 is 6.17 Å². The summed E-state index contributed by atoms with van der Waals surface area (Å²) in [6, 6.07) is 1.84. The molecule has 1 aromatic rings. The van der Waals surface area contributed by atoms with Gasteiger partial charge in [-0.3, -0.25) is 4.79 Å². The zero-order valence-electron chi connectivity index (χ0n) is 15.0. The van der Waals surface area contributed by atoms with Gasteiger partial charge < -0.3 is 21.3 Å². The first-order valence-corrected chi connectivity index (χ1v) is 9.16. The molecule has 1 aliphatic heterocycles. The van der Waals surface area contributed by atoms with Crippen LogP contribution in [0.2, 0.25) is 0 Å². The number of nitrogens with zero attached hydrogens (tertiary/aromatic N) is 2. The molecule has 2 heterocycles. The van der Waals surface area contributed by atoms with E-state index >= 15 is 0 Å². The van der Waals surface area contributed by atoms with Gasteiger partial charge in [-0.15, -0.1) is 0 Å². The van der Waals surface area contributed by atoms with Crippen LogP contribution in [0.4, 0.5) is 21.7 Å². The maximum absolute atomic E-state index is 13.7. The summed E-state index contributed by atoms with van der Waals surface area (Å²) < 4.78 is 13.7. The lowest BCUT2D eigenvalue weighted by Crippen LogP contribution is -2.38. The van der Waals surface area contributed by atoms with Gasteiger partial charge in [-0.25, -0.2) is 9.37 Å². The minimum atomic E-state index is -0.881. The fraction of sp³-hybridized carbons (Fsp3) is 0.667. The van der Waals surface area contributed by atoms with E-state index in [1.165, 1.54) is 0 Å². The number of nitrogens with one attached hydrogen (secondary N) is 2. The highest BCUT2D eigenvalue weighted by molar-refractivity contribution is 6.00. The SMILES string of the molecule is CNc1nc(N2CC[C@@H](F)C2)c(C(=O)N[C@H]2CC[C@H](C)CC2)cc1N. The molecule has 2 fully saturated rings. The number of alkyl halides is 1. The van der Waals surface area contributed by atoms with E-state index in [1.807, 2.05) is 4.90 Å². The maximum atomic E-state index is 13.7. The van der Waals surface area contributed by atoms with Gasteiger partial charge in [0.1, 0.15) is 12.0 Å². The number of carbonyl (C=O) groups excluding carboxylic acids is 1. The number of amides is 1. The number of hydrogen-bond donors (Lipinski definition) is 3. The predicted octanol–water partition coefficient (Wildman–Crippen LogP) is 2.56. The molecule has 2 aliphatic rings. The molecule has 0 aromatic carbocycles. The van der Waals surface area contributed by atoms with Crippen molar-refractivity contribution in [3.05, 3.63) is 11.6 Å². The highest BCUT2D eigenvalue weighted by atomic mass is 19.1. The molecule has 0 spiro atoms. The first kappa shape index (κ1) is 17.8. The Morgan fingerprint density at radius 1 is 1.32 bits per heavy atom. The Kier molecular flexibility index (Phi) is 5.30. The summed E-state index contributed by atoms with van der Waals surface area (Å²) in [6.07, 6.45) is 3.83.